The molecule has 4 rings (SSSR count). The smallest absolute Gasteiger partial charge is 0.264 e. The largest absolute Gasteiger partial charge is 0.494 e. The van der Waals surface area contributed by atoms with Crippen LogP contribution in [-0.4, -0.2) is 51.8 Å². The number of ether oxygens (including phenoxy) is 1. The lowest BCUT2D eigenvalue weighted by molar-refractivity contribution is -0.116. The summed E-state index contributed by atoms with van der Waals surface area (Å²) >= 11 is 0. The van der Waals surface area contributed by atoms with Gasteiger partial charge in [-0.1, -0.05) is 0 Å². The van der Waals surface area contributed by atoms with Crippen molar-refractivity contribution >= 4 is 32.5 Å². The fourth-order valence-electron chi connectivity index (χ4n) is 3.47. The third kappa shape index (κ3) is 4.06. The van der Waals surface area contributed by atoms with E-state index in [0.717, 1.165) is 0 Å². The van der Waals surface area contributed by atoms with Gasteiger partial charge in [0.05, 0.1) is 30.4 Å². The molecule has 1 unspecified atom stereocenters. The summed E-state index contributed by atoms with van der Waals surface area (Å²) in [6, 6.07) is 6.59. The molecule has 10 nitrogen and oxygen atoms in total. The Morgan fingerprint density at radius 3 is 2.73 bits per heavy atom. The molecule has 1 atom stereocenters. The van der Waals surface area contributed by atoms with Crippen molar-refractivity contribution in [2.24, 2.45) is 0 Å². The Hall–Kier alpha value is -3.21. The summed E-state index contributed by atoms with van der Waals surface area (Å²) in [6.07, 6.45) is 3.09. The van der Waals surface area contributed by atoms with Crippen LogP contribution in [0.1, 0.15) is 19.4 Å². The van der Waals surface area contributed by atoms with E-state index in [4.69, 9.17) is 4.74 Å². The normalized spacial score (nSPS) is 17.8. The molecule has 1 amide bonds. The van der Waals surface area contributed by atoms with Crippen LogP contribution in [0.15, 0.2) is 41.6 Å². The van der Waals surface area contributed by atoms with Crippen molar-refractivity contribution in [1.29, 1.82) is 0 Å². The molecule has 0 aliphatic carbocycles. The number of fused-ring (bicyclic) bond motifs is 1. The molecule has 30 heavy (non-hydrogen) atoms. The zero-order valence-electron chi connectivity index (χ0n) is 16.3. The molecular weight excluding hydrogens is 410 g/mol. The Morgan fingerprint density at radius 1 is 1.30 bits per heavy atom. The minimum Gasteiger partial charge on any atom is -0.494 e. The molecule has 1 aliphatic rings. The highest BCUT2D eigenvalue weighted by atomic mass is 32.2. The third-order valence-corrected chi connectivity index (χ3v) is 6.65. The second-order valence-electron chi connectivity index (χ2n) is 7.07. The van der Waals surface area contributed by atoms with Crippen LogP contribution >= 0.6 is 0 Å². The van der Waals surface area contributed by atoms with E-state index in [2.05, 4.69) is 15.4 Å². The first-order chi connectivity index (χ1) is 14.4. The number of benzene rings is 1. The van der Waals surface area contributed by atoms with Crippen LogP contribution in [0.3, 0.4) is 0 Å². The fourth-order valence-corrected chi connectivity index (χ4v) is 5.16. The predicted molar refractivity (Wildman–Crippen MR) is 110 cm³/mol. The van der Waals surface area contributed by atoms with Gasteiger partial charge in [0, 0.05) is 5.69 Å². The van der Waals surface area contributed by atoms with Crippen molar-refractivity contribution < 1.29 is 17.9 Å². The van der Waals surface area contributed by atoms with Gasteiger partial charge in [-0.05, 0) is 37.6 Å². The van der Waals surface area contributed by atoms with Crippen molar-refractivity contribution in [2.75, 3.05) is 23.4 Å². The third-order valence-electron chi connectivity index (χ3n) is 4.90. The number of anilines is 1. The molecule has 3 aromatic rings. The van der Waals surface area contributed by atoms with Crippen molar-refractivity contribution in [2.45, 2.75) is 25.9 Å². The molecular formula is C19H21N5O5S. The number of nitrogens with one attached hydrogen (secondary N) is 1. The monoisotopic (exact) mass is 431 g/mol. The van der Waals surface area contributed by atoms with Crippen molar-refractivity contribution in [3.63, 3.8) is 0 Å². The Kier molecular flexibility index (Phi) is 5.29. The first-order valence-corrected chi connectivity index (χ1v) is 11.3. The van der Waals surface area contributed by atoms with Gasteiger partial charge in [0.2, 0.25) is 5.91 Å². The van der Waals surface area contributed by atoms with Gasteiger partial charge in [-0.15, -0.1) is 0 Å². The fraction of sp³-hybridized carbons (Fsp3) is 0.368. The topological polar surface area (TPSA) is 125 Å². The number of rotatable bonds is 6. The summed E-state index contributed by atoms with van der Waals surface area (Å²) < 4.78 is 31.5. The van der Waals surface area contributed by atoms with Gasteiger partial charge in [0.1, 0.15) is 24.0 Å². The number of nitrogens with zero attached hydrogens (tertiary/aromatic N) is 4. The van der Waals surface area contributed by atoms with E-state index in [9.17, 15) is 18.0 Å². The molecule has 1 aliphatic heterocycles. The first-order valence-electron chi connectivity index (χ1n) is 9.52. The van der Waals surface area contributed by atoms with E-state index in [1.165, 1.54) is 21.8 Å². The Bertz CT molecular complexity index is 1250. The SMILES string of the molecule is CCOc1ccc(NC(=O)Cn2cnc3c(cnn3C3CCS(=O)(=O)C3)c2=O)cc1. The van der Waals surface area contributed by atoms with Gasteiger partial charge < -0.3 is 10.1 Å². The van der Waals surface area contributed by atoms with Crippen LogP contribution in [0.5, 0.6) is 5.75 Å². The maximum absolute atomic E-state index is 12.7. The highest BCUT2D eigenvalue weighted by Gasteiger charge is 2.31. The van der Waals surface area contributed by atoms with E-state index >= 15 is 0 Å². The van der Waals surface area contributed by atoms with Gasteiger partial charge in [0.15, 0.2) is 15.5 Å². The summed E-state index contributed by atoms with van der Waals surface area (Å²) in [5.74, 6) is 0.408. The molecule has 0 saturated carbocycles. The lowest BCUT2D eigenvalue weighted by atomic mass is 10.3. The van der Waals surface area contributed by atoms with Gasteiger partial charge >= 0.3 is 0 Å². The second-order valence-corrected chi connectivity index (χ2v) is 9.30. The molecule has 0 radical (unpaired) electrons. The zero-order chi connectivity index (χ0) is 21.3. The zero-order valence-corrected chi connectivity index (χ0v) is 17.1. The summed E-state index contributed by atoms with van der Waals surface area (Å²) in [5, 5.41) is 7.15. The number of carbonyl (C=O) groups is 1. The number of sulfone groups is 1. The molecule has 0 spiro atoms. The minimum absolute atomic E-state index is 0.0148. The summed E-state index contributed by atoms with van der Waals surface area (Å²) in [5.41, 5.74) is 0.500. The van der Waals surface area contributed by atoms with Gasteiger partial charge in [0.25, 0.3) is 5.56 Å². The van der Waals surface area contributed by atoms with Gasteiger partial charge in [-0.3, -0.25) is 14.2 Å². The highest BCUT2D eigenvalue weighted by molar-refractivity contribution is 7.91. The molecule has 1 fully saturated rings. The molecule has 1 saturated heterocycles. The van der Waals surface area contributed by atoms with E-state index in [1.54, 1.807) is 24.3 Å². The Balaban J connectivity index is 1.50. The number of carbonyl (C=O) groups excluding carboxylic acids is 1. The highest BCUT2D eigenvalue weighted by Crippen LogP contribution is 2.25. The van der Waals surface area contributed by atoms with Crippen LogP contribution in [0.2, 0.25) is 0 Å². The summed E-state index contributed by atoms with van der Waals surface area (Å²) in [6.45, 7) is 2.23. The first kappa shape index (κ1) is 20.1. The maximum atomic E-state index is 12.7. The molecule has 1 aromatic carbocycles. The number of aromatic nitrogens is 4. The quantitative estimate of drug-likeness (QED) is 0.617. The molecule has 0 bridgehead atoms. The standard InChI is InChI=1S/C19H21N5O5S/c1-2-29-15-5-3-13(4-6-15)22-17(25)10-23-12-20-18-16(19(23)26)9-21-24(18)14-7-8-30(27,28)11-14/h3-6,9,12,14H,2,7-8,10-11H2,1H3,(H,22,25). The van der Waals surface area contributed by atoms with E-state index in [-0.39, 0.29) is 35.4 Å². The summed E-state index contributed by atoms with van der Waals surface area (Å²) in [7, 11) is -3.09. The van der Waals surface area contributed by atoms with Crippen LogP contribution < -0.4 is 15.6 Å². The van der Waals surface area contributed by atoms with Crippen molar-refractivity contribution in [3.05, 3.63) is 47.1 Å². The van der Waals surface area contributed by atoms with Gasteiger partial charge in [-0.25, -0.2) is 18.1 Å². The lowest BCUT2D eigenvalue weighted by Crippen LogP contribution is -2.28. The van der Waals surface area contributed by atoms with Crippen LogP contribution in [0.25, 0.3) is 11.0 Å². The number of hydrogen-bond acceptors (Lipinski definition) is 7. The van der Waals surface area contributed by atoms with Crippen LogP contribution in [-0.2, 0) is 21.2 Å². The Labute approximate surface area is 172 Å². The molecule has 3 heterocycles. The minimum atomic E-state index is -3.09. The molecule has 1 N–H and O–H groups in total. The van der Waals surface area contributed by atoms with E-state index in [1.807, 2.05) is 6.92 Å². The predicted octanol–water partition coefficient (Wildman–Crippen LogP) is 0.990. The molecule has 2 aromatic heterocycles. The average Bonchev–Trinajstić information content (AvgIpc) is 3.29. The second kappa shape index (κ2) is 7.90. The Morgan fingerprint density at radius 2 is 2.07 bits per heavy atom. The van der Waals surface area contributed by atoms with Crippen molar-refractivity contribution in [1.82, 2.24) is 19.3 Å². The molecule has 158 valence electrons. The van der Waals surface area contributed by atoms with Crippen LogP contribution in [0.4, 0.5) is 5.69 Å². The lowest BCUT2D eigenvalue weighted by Gasteiger charge is -2.10. The van der Waals surface area contributed by atoms with Gasteiger partial charge in [-0.2, -0.15) is 5.10 Å². The van der Waals surface area contributed by atoms with E-state index < -0.39 is 15.4 Å². The number of hydrogen-bond donors (Lipinski definition) is 1. The van der Waals surface area contributed by atoms with E-state index in [0.29, 0.717) is 30.1 Å². The average molecular weight is 431 g/mol. The number of amides is 1. The van der Waals surface area contributed by atoms with Crippen molar-refractivity contribution in [3.8, 4) is 5.75 Å². The molecule has 11 heteroatoms. The van der Waals surface area contributed by atoms with Crippen LogP contribution in [0, 0.1) is 0 Å². The maximum Gasteiger partial charge on any atom is 0.264 e. The summed E-state index contributed by atoms with van der Waals surface area (Å²) in [4.78, 5) is 29.4.